The standard InChI is InChI=1S/C16H18N2O4S/c19-23(20,17-10-13-6-2-1-3-7-13)18-11-14-12-21-15-8-4-5-9-16(15)22-14/h1-9,14,17-18H,10-12H2/t14-/m1/s1. The average Bonchev–Trinajstić information content (AvgIpc) is 2.59. The van der Waals surface area contributed by atoms with Crippen molar-refractivity contribution in [2.24, 2.45) is 0 Å². The molecule has 122 valence electrons. The van der Waals surface area contributed by atoms with Gasteiger partial charge in [-0.1, -0.05) is 42.5 Å². The van der Waals surface area contributed by atoms with Gasteiger partial charge < -0.3 is 9.47 Å². The molecule has 2 aromatic rings. The Morgan fingerprint density at radius 1 is 0.957 bits per heavy atom. The third kappa shape index (κ3) is 4.44. The second-order valence-corrected chi connectivity index (χ2v) is 6.74. The monoisotopic (exact) mass is 334 g/mol. The van der Waals surface area contributed by atoms with Crippen LogP contribution in [0.5, 0.6) is 11.5 Å². The van der Waals surface area contributed by atoms with E-state index in [9.17, 15) is 8.42 Å². The van der Waals surface area contributed by atoms with Gasteiger partial charge in [-0.15, -0.1) is 0 Å². The highest BCUT2D eigenvalue weighted by Gasteiger charge is 2.22. The maximum Gasteiger partial charge on any atom is 0.277 e. The van der Waals surface area contributed by atoms with Gasteiger partial charge in [0.05, 0.1) is 6.54 Å². The van der Waals surface area contributed by atoms with Crippen LogP contribution in [0.1, 0.15) is 5.56 Å². The highest BCUT2D eigenvalue weighted by Crippen LogP contribution is 2.30. The van der Waals surface area contributed by atoms with Crippen LogP contribution in [0.15, 0.2) is 54.6 Å². The highest BCUT2D eigenvalue weighted by atomic mass is 32.2. The van der Waals surface area contributed by atoms with Crippen LogP contribution >= 0.6 is 0 Å². The number of benzene rings is 2. The van der Waals surface area contributed by atoms with Gasteiger partial charge in [-0.25, -0.2) is 0 Å². The Hall–Kier alpha value is -2.09. The number of rotatable bonds is 6. The van der Waals surface area contributed by atoms with Crippen LogP contribution in [0, 0.1) is 0 Å². The Morgan fingerprint density at radius 3 is 2.43 bits per heavy atom. The van der Waals surface area contributed by atoms with Gasteiger partial charge in [0.1, 0.15) is 12.7 Å². The summed E-state index contributed by atoms with van der Waals surface area (Å²) >= 11 is 0. The van der Waals surface area contributed by atoms with Crippen molar-refractivity contribution < 1.29 is 17.9 Å². The van der Waals surface area contributed by atoms with Gasteiger partial charge in [0.25, 0.3) is 10.2 Å². The maximum atomic E-state index is 12.0. The van der Waals surface area contributed by atoms with Crippen molar-refractivity contribution in [2.45, 2.75) is 12.6 Å². The lowest BCUT2D eigenvalue weighted by molar-refractivity contribution is 0.0942. The fraction of sp³-hybridized carbons (Fsp3) is 0.250. The van der Waals surface area contributed by atoms with E-state index in [1.54, 1.807) is 6.07 Å². The Bertz CT molecular complexity index is 750. The van der Waals surface area contributed by atoms with Gasteiger partial charge in [-0.3, -0.25) is 0 Å². The van der Waals surface area contributed by atoms with E-state index in [4.69, 9.17) is 9.47 Å². The number of hydrogen-bond donors (Lipinski definition) is 2. The third-order valence-corrected chi connectivity index (χ3v) is 4.45. The van der Waals surface area contributed by atoms with E-state index in [2.05, 4.69) is 9.44 Å². The molecule has 0 fully saturated rings. The molecule has 7 heteroatoms. The first-order valence-electron chi connectivity index (χ1n) is 7.29. The lowest BCUT2D eigenvalue weighted by Gasteiger charge is -2.26. The predicted octanol–water partition coefficient (Wildman–Crippen LogP) is 1.45. The summed E-state index contributed by atoms with van der Waals surface area (Å²) in [6.45, 7) is 0.678. The zero-order valence-electron chi connectivity index (χ0n) is 12.4. The van der Waals surface area contributed by atoms with Crippen LogP contribution in [0.2, 0.25) is 0 Å². The molecular weight excluding hydrogens is 316 g/mol. The minimum absolute atomic E-state index is 0.137. The zero-order chi connectivity index (χ0) is 16.1. The minimum atomic E-state index is -3.59. The summed E-state index contributed by atoms with van der Waals surface area (Å²) < 4.78 is 40.2. The van der Waals surface area contributed by atoms with Crippen molar-refractivity contribution >= 4 is 10.2 Å². The van der Waals surface area contributed by atoms with Crippen molar-refractivity contribution in [1.29, 1.82) is 0 Å². The molecule has 0 radical (unpaired) electrons. The predicted molar refractivity (Wildman–Crippen MR) is 86.6 cm³/mol. The lowest BCUT2D eigenvalue weighted by Crippen LogP contribution is -2.44. The number of para-hydroxylation sites is 2. The molecule has 0 bridgehead atoms. The van der Waals surface area contributed by atoms with Crippen LogP contribution in [0.3, 0.4) is 0 Å². The average molecular weight is 334 g/mol. The van der Waals surface area contributed by atoms with Crippen molar-refractivity contribution in [3.63, 3.8) is 0 Å². The molecule has 23 heavy (non-hydrogen) atoms. The zero-order valence-corrected chi connectivity index (χ0v) is 13.3. The van der Waals surface area contributed by atoms with Crippen molar-refractivity contribution in [2.75, 3.05) is 13.2 Å². The number of fused-ring (bicyclic) bond motifs is 1. The molecule has 0 amide bonds. The molecule has 0 aromatic heterocycles. The van der Waals surface area contributed by atoms with E-state index in [-0.39, 0.29) is 19.2 Å². The van der Waals surface area contributed by atoms with Crippen LogP contribution < -0.4 is 18.9 Å². The van der Waals surface area contributed by atoms with Crippen molar-refractivity contribution in [1.82, 2.24) is 9.44 Å². The van der Waals surface area contributed by atoms with E-state index in [1.807, 2.05) is 48.5 Å². The van der Waals surface area contributed by atoms with E-state index in [0.29, 0.717) is 18.1 Å². The largest absolute Gasteiger partial charge is 0.486 e. The van der Waals surface area contributed by atoms with E-state index in [1.165, 1.54) is 0 Å². The Morgan fingerprint density at radius 2 is 1.65 bits per heavy atom. The quantitative estimate of drug-likeness (QED) is 0.838. The molecular formula is C16H18N2O4S. The SMILES string of the molecule is O=S(=O)(NCc1ccccc1)NC[C@@H]1COc2ccccc2O1. The normalized spacial score (nSPS) is 17.0. The fourth-order valence-electron chi connectivity index (χ4n) is 2.19. The van der Waals surface area contributed by atoms with Gasteiger partial charge >= 0.3 is 0 Å². The Kier molecular flexibility index (Phi) is 4.80. The van der Waals surface area contributed by atoms with Crippen LogP contribution in [0.25, 0.3) is 0 Å². The Balaban J connectivity index is 1.50. The number of hydrogen-bond acceptors (Lipinski definition) is 4. The smallest absolute Gasteiger partial charge is 0.277 e. The van der Waals surface area contributed by atoms with Crippen molar-refractivity contribution in [3.8, 4) is 11.5 Å². The molecule has 0 saturated heterocycles. The summed E-state index contributed by atoms with van der Waals surface area (Å²) in [6, 6.07) is 16.6. The second kappa shape index (κ2) is 6.99. The van der Waals surface area contributed by atoms with Gasteiger partial charge in [-0.2, -0.15) is 17.9 Å². The molecule has 2 aromatic carbocycles. The number of ether oxygens (including phenoxy) is 2. The molecule has 0 aliphatic carbocycles. The lowest BCUT2D eigenvalue weighted by atomic mass is 10.2. The molecule has 0 unspecified atom stereocenters. The summed E-state index contributed by atoms with van der Waals surface area (Å²) in [7, 11) is -3.59. The van der Waals surface area contributed by atoms with Gasteiger partial charge in [0.2, 0.25) is 0 Å². The highest BCUT2D eigenvalue weighted by molar-refractivity contribution is 7.87. The molecule has 0 saturated carbocycles. The fourth-order valence-corrected chi connectivity index (χ4v) is 3.06. The Labute approximate surface area is 135 Å². The van der Waals surface area contributed by atoms with Crippen LogP contribution in [-0.2, 0) is 16.8 Å². The molecule has 1 aliphatic heterocycles. The first-order chi connectivity index (χ1) is 11.1. The van der Waals surface area contributed by atoms with Crippen molar-refractivity contribution in [3.05, 3.63) is 60.2 Å². The molecule has 1 aliphatic rings. The van der Waals surface area contributed by atoms with Gasteiger partial charge in [0.15, 0.2) is 11.5 Å². The maximum absolute atomic E-state index is 12.0. The van der Waals surface area contributed by atoms with E-state index < -0.39 is 10.2 Å². The first-order valence-corrected chi connectivity index (χ1v) is 8.77. The minimum Gasteiger partial charge on any atom is -0.486 e. The van der Waals surface area contributed by atoms with E-state index >= 15 is 0 Å². The van der Waals surface area contributed by atoms with Gasteiger partial charge in [-0.05, 0) is 17.7 Å². The summed E-state index contributed by atoms with van der Waals surface area (Å²) in [4.78, 5) is 0. The van der Waals surface area contributed by atoms with Crippen LogP contribution in [0.4, 0.5) is 0 Å². The molecule has 0 spiro atoms. The summed E-state index contributed by atoms with van der Waals surface area (Å²) in [5, 5.41) is 0. The van der Waals surface area contributed by atoms with Gasteiger partial charge in [0, 0.05) is 6.54 Å². The molecule has 6 nitrogen and oxygen atoms in total. The summed E-state index contributed by atoms with van der Waals surface area (Å²) in [6.07, 6.45) is -0.363. The number of nitrogens with one attached hydrogen (secondary N) is 2. The molecule has 1 atom stereocenters. The first kappa shape index (κ1) is 15.8. The van der Waals surface area contributed by atoms with E-state index in [0.717, 1.165) is 5.56 Å². The topological polar surface area (TPSA) is 76.7 Å². The molecule has 1 heterocycles. The second-order valence-electron chi connectivity index (χ2n) is 5.16. The molecule has 3 rings (SSSR count). The summed E-state index contributed by atoms with van der Waals surface area (Å²) in [5.74, 6) is 1.30. The molecule has 2 N–H and O–H groups in total. The van der Waals surface area contributed by atoms with Crippen LogP contribution in [-0.4, -0.2) is 27.7 Å². The summed E-state index contributed by atoms with van der Waals surface area (Å²) in [5.41, 5.74) is 0.893. The third-order valence-electron chi connectivity index (χ3n) is 3.38.